The Morgan fingerprint density at radius 2 is 2.28 bits per heavy atom. The maximum absolute atomic E-state index is 12.4. The van der Waals surface area contributed by atoms with Crippen LogP contribution in [0.2, 0.25) is 0 Å². The van der Waals surface area contributed by atoms with Crippen LogP contribution in [0.25, 0.3) is 0 Å². The number of hydrogen-bond acceptors (Lipinski definition) is 4. The highest BCUT2D eigenvalue weighted by Gasteiger charge is 2.36. The minimum atomic E-state index is -3.57. The molecular formula is C11H19N3O3S. The summed E-state index contributed by atoms with van der Waals surface area (Å²) in [5.41, 5.74) is 0. The van der Waals surface area contributed by atoms with Gasteiger partial charge in [0.15, 0.2) is 5.03 Å². The third-order valence-corrected chi connectivity index (χ3v) is 5.12. The molecule has 0 radical (unpaired) electrons. The Bertz CT molecular complexity index is 509. The lowest BCUT2D eigenvalue weighted by molar-refractivity contribution is 0.213. The Morgan fingerprint density at radius 1 is 1.56 bits per heavy atom. The van der Waals surface area contributed by atoms with Crippen LogP contribution >= 0.6 is 0 Å². The van der Waals surface area contributed by atoms with Gasteiger partial charge in [-0.25, -0.2) is 13.4 Å². The molecule has 1 saturated heterocycles. The van der Waals surface area contributed by atoms with Gasteiger partial charge in [0.2, 0.25) is 0 Å². The van der Waals surface area contributed by atoms with Crippen molar-refractivity contribution < 1.29 is 13.5 Å². The van der Waals surface area contributed by atoms with Crippen LogP contribution in [0.1, 0.15) is 32.7 Å². The van der Waals surface area contributed by atoms with Gasteiger partial charge in [0.25, 0.3) is 10.0 Å². The van der Waals surface area contributed by atoms with Crippen LogP contribution in [0.4, 0.5) is 0 Å². The molecule has 1 aromatic heterocycles. The van der Waals surface area contributed by atoms with Gasteiger partial charge in [-0.3, -0.25) is 0 Å². The van der Waals surface area contributed by atoms with Crippen molar-refractivity contribution in [2.45, 2.75) is 43.8 Å². The Morgan fingerprint density at radius 3 is 2.83 bits per heavy atom. The average molecular weight is 273 g/mol. The molecule has 1 atom stereocenters. The monoisotopic (exact) mass is 273 g/mol. The molecule has 1 aliphatic rings. The number of aliphatic hydroxyl groups is 1. The molecule has 1 N–H and O–H groups in total. The highest BCUT2D eigenvalue weighted by atomic mass is 32.2. The average Bonchev–Trinajstić information content (AvgIpc) is 2.98. The van der Waals surface area contributed by atoms with Gasteiger partial charge in [0.1, 0.15) is 0 Å². The summed E-state index contributed by atoms with van der Waals surface area (Å²) in [5.74, 6) is 0. The van der Waals surface area contributed by atoms with E-state index in [0.717, 1.165) is 6.42 Å². The molecule has 2 rings (SSSR count). The summed E-state index contributed by atoms with van der Waals surface area (Å²) in [6, 6.07) is -0.132. The fourth-order valence-electron chi connectivity index (χ4n) is 2.16. The lowest BCUT2D eigenvalue weighted by Gasteiger charge is -2.20. The van der Waals surface area contributed by atoms with Gasteiger partial charge in [-0.05, 0) is 26.7 Å². The van der Waals surface area contributed by atoms with Crippen LogP contribution in [0.3, 0.4) is 0 Å². The first-order valence-corrected chi connectivity index (χ1v) is 7.57. The molecule has 0 saturated carbocycles. The van der Waals surface area contributed by atoms with Crippen molar-refractivity contribution in [3.8, 4) is 0 Å². The molecule has 1 aromatic rings. The fraction of sp³-hybridized carbons (Fsp3) is 0.727. The SMILES string of the molecule is CC(C)n1cnc(S(=O)(=O)N2CCC[C@@H]2CO)c1. The molecule has 0 aromatic carbocycles. The normalized spacial score (nSPS) is 21.9. The number of sulfonamides is 1. The van der Waals surface area contributed by atoms with E-state index in [2.05, 4.69) is 4.98 Å². The van der Waals surface area contributed by atoms with Crippen LogP contribution in [0.5, 0.6) is 0 Å². The van der Waals surface area contributed by atoms with Crippen molar-refractivity contribution in [2.75, 3.05) is 13.2 Å². The number of nitrogens with zero attached hydrogens (tertiary/aromatic N) is 3. The first-order chi connectivity index (χ1) is 8.46. The predicted octanol–water partition coefficient (Wildman–Crippen LogP) is 0.609. The second-order valence-corrected chi connectivity index (χ2v) is 6.68. The minimum Gasteiger partial charge on any atom is -0.395 e. The molecule has 18 heavy (non-hydrogen) atoms. The van der Waals surface area contributed by atoms with E-state index < -0.39 is 10.0 Å². The van der Waals surface area contributed by atoms with E-state index in [-0.39, 0.29) is 23.7 Å². The highest BCUT2D eigenvalue weighted by molar-refractivity contribution is 7.89. The highest BCUT2D eigenvalue weighted by Crippen LogP contribution is 2.25. The van der Waals surface area contributed by atoms with E-state index >= 15 is 0 Å². The molecule has 1 fully saturated rings. The van der Waals surface area contributed by atoms with Gasteiger partial charge >= 0.3 is 0 Å². The number of aliphatic hydroxyl groups excluding tert-OH is 1. The second kappa shape index (κ2) is 4.99. The van der Waals surface area contributed by atoms with Crippen LogP contribution in [-0.4, -0.2) is 46.6 Å². The van der Waals surface area contributed by atoms with E-state index in [4.69, 9.17) is 0 Å². The van der Waals surface area contributed by atoms with Crippen molar-refractivity contribution in [1.82, 2.24) is 13.9 Å². The Kier molecular flexibility index (Phi) is 3.74. The minimum absolute atomic E-state index is 0.0662. The topological polar surface area (TPSA) is 75.4 Å². The van der Waals surface area contributed by atoms with Gasteiger partial charge in [0, 0.05) is 24.8 Å². The van der Waals surface area contributed by atoms with Gasteiger partial charge < -0.3 is 9.67 Å². The van der Waals surface area contributed by atoms with E-state index in [1.807, 2.05) is 13.8 Å². The van der Waals surface area contributed by atoms with Crippen LogP contribution in [0, 0.1) is 0 Å². The Hall–Kier alpha value is -0.920. The van der Waals surface area contributed by atoms with Crippen molar-refractivity contribution in [2.24, 2.45) is 0 Å². The molecular weight excluding hydrogens is 254 g/mol. The van der Waals surface area contributed by atoms with Crippen molar-refractivity contribution in [3.05, 3.63) is 12.5 Å². The number of aromatic nitrogens is 2. The zero-order chi connectivity index (χ0) is 13.3. The second-order valence-electron chi connectivity index (χ2n) is 4.85. The summed E-state index contributed by atoms with van der Waals surface area (Å²) in [6.07, 6.45) is 4.57. The standard InChI is InChI=1S/C11H19N3O3S/c1-9(2)13-6-11(12-8-13)18(16,17)14-5-3-4-10(14)7-15/h6,8-10,15H,3-5,7H2,1-2H3/t10-/m1/s1. The summed E-state index contributed by atoms with van der Waals surface area (Å²) < 4.78 is 27.9. The third kappa shape index (κ3) is 2.30. The third-order valence-electron chi connectivity index (χ3n) is 3.28. The number of rotatable bonds is 4. The summed E-state index contributed by atoms with van der Waals surface area (Å²) in [7, 11) is -3.57. The zero-order valence-corrected chi connectivity index (χ0v) is 11.5. The Balaban J connectivity index is 2.29. The predicted molar refractivity (Wildman–Crippen MR) is 66.6 cm³/mol. The van der Waals surface area contributed by atoms with Crippen LogP contribution in [-0.2, 0) is 10.0 Å². The molecule has 0 amide bonds. The molecule has 0 aliphatic carbocycles. The Labute approximate surface area is 107 Å². The maximum Gasteiger partial charge on any atom is 0.262 e. The fourth-order valence-corrected chi connectivity index (χ4v) is 3.77. The van der Waals surface area contributed by atoms with Gasteiger partial charge in [0.05, 0.1) is 12.9 Å². The molecule has 0 spiro atoms. The quantitative estimate of drug-likeness (QED) is 0.872. The van der Waals surface area contributed by atoms with Gasteiger partial charge in [-0.15, -0.1) is 0 Å². The van der Waals surface area contributed by atoms with Crippen LogP contribution in [0.15, 0.2) is 17.6 Å². The first kappa shape index (κ1) is 13.5. The zero-order valence-electron chi connectivity index (χ0n) is 10.7. The van der Waals surface area contributed by atoms with Gasteiger partial charge in [-0.1, -0.05) is 0 Å². The molecule has 0 unspecified atom stereocenters. The lowest BCUT2D eigenvalue weighted by atomic mass is 10.2. The molecule has 1 aliphatic heterocycles. The van der Waals surface area contributed by atoms with E-state index in [1.54, 1.807) is 10.8 Å². The largest absolute Gasteiger partial charge is 0.395 e. The summed E-state index contributed by atoms with van der Waals surface area (Å²) >= 11 is 0. The lowest BCUT2D eigenvalue weighted by Crippen LogP contribution is -2.37. The molecule has 0 bridgehead atoms. The first-order valence-electron chi connectivity index (χ1n) is 6.13. The van der Waals surface area contributed by atoms with Gasteiger partial charge in [-0.2, -0.15) is 4.31 Å². The molecule has 6 nitrogen and oxygen atoms in total. The van der Waals surface area contributed by atoms with Crippen LogP contribution < -0.4 is 0 Å². The molecule has 2 heterocycles. The summed E-state index contributed by atoms with van der Waals surface area (Å²) in [4.78, 5) is 3.97. The number of imidazole rings is 1. The molecule has 102 valence electrons. The van der Waals surface area contributed by atoms with Crippen molar-refractivity contribution in [3.63, 3.8) is 0 Å². The van der Waals surface area contributed by atoms with E-state index in [1.165, 1.54) is 10.6 Å². The summed E-state index contributed by atoms with van der Waals surface area (Å²) in [5, 5.41) is 9.27. The van der Waals surface area contributed by atoms with Crippen molar-refractivity contribution >= 4 is 10.0 Å². The summed E-state index contributed by atoms with van der Waals surface area (Å²) in [6.45, 7) is 4.25. The maximum atomic E-state index is 12.4. The number of hydrogen-bond donors (Lipinski definition) is 1. The van der Waals surface area contributed by atoms with Crippen molar-refractivity contribution in [1.29, 1.82) is 0 Å². The molecule has 7 heteroatoms. The van der Waals surface area contributed by atoms with E-state index in [0.29, 0.717) is 13.0 Å². The van der Waals surface area contributed by atoms with E-state index in [9.17, 15) is 13.5 Å². The smallest absolute Gasteiger partial charge is 0.262 e.